The number of pyridine rings is 1. The van der Waals surface area contributed by atoms with Crippen molar-refractivity contribution in [2.45, 2.75) is 51.1 Å². The van der Waals surface area contributed by atoms with Crippen LogP contribution in [0.2, 0.25) is 0 Å². The Bertz CT molecular complexity index is 1280. The molecule has 0 radical (unpaired) electrons. The second-order valence-corrected chi connectivity index (χ2v) is 8.75. The number of nitrogens with one attached hydrogen (secondary N) is 1. The molecule has 0 spiro atoms. The summed E-state index contributed by atoms with van der Waals surface area (Å²) in [6.07, 6.45) is 8.16. The van der Waals surface area contributed by atoms with Crippen LogP contribution in [0.3, 0.4) is 0 Å². The van der Waals surface area contributed by atoms with Crippen LogP contribution in [0.25, 0.3) is 22.4 Å². The highest BCUT2D eigenvalue weighted by atomic mass is 16.3. The first-order valence-electron chi connectivity index (χ1n) is 11.9. The van der Waals surface area contributed by atoms with E-state index < -0.39 is 0 Å². The summed E-state index contributed by atoms with van der Waals surface area (Å²) in [6, 6.07) is 11.4. The average Bonchev–Trinajstić information content (AvgIpc) is 3.49. The number of nitrogen functional groups attached to an aromatic ring is 1. The van der Waals surface area contributed by atoms with Gasteiger partial charge in [-0.1, -0.05) is 31.0 Å². The molecule has 4 aromatic rings. The van der Waals surface area contributed by atoms with Crippen LogP contribution in [-0.2, 0) is 13.0 Å². The Morgan fingerprint density at radius 3 is 2.62 bits per heavy atom. The second kappa shape index (κ2) is 9.64. The average molecular weight is 459 g/mol. The Morgan fingerprint density at radius 2 is 1.88 bits per heavy atom. The summed E-state index contributed by atoms with van der Waals surface area (Å²) in [5.74, 6) is 2.07. The van der Waals surface area contributed by atoms with E-state index in [1.54, 1.807) is 18.3 Å². The third kappa shape index (κ3) is 4.38. The van der Waals surface area contributed by atoms with Gasteiger partial charge in [0, 0.05) is 30.8 Å². The van der Waals surface area contributed by atoms with Crippen molar-refractivity contribution >= 4 is 22.9 Å². The van der Waals surface area contributed by atoms with Crippen molar-refractivity contribution < 1.29 is 5.11 Å². The van der Waals surface area contributed by atoms with Crippen LogP contribution in [0.5, 0.6) is 5.75 Å². The topological polar surface area (TPSA) is 141 Å². The van der Waals surface area contributed by atoms with E-state index in [2.05, 4.69) is 24.8 Å². The first kappa shape index (κ1) is 22.1. The van der Waals surface area contributed by atoms with Crippen LogP contribution < -0.4 is 16.8 Å². The molecule has 34 heavy (non-hydrogen) atoms. The number of anilines is 2. The fourth-order valence-corrected chi connectivity index (χ4v) is 4.71. The molecule has 0 amide bonds. The molecule has 0 bridgehead atoms. The number of phenolic OH excluding ortho intramolecular Hbond substituents is 1. The molecule has 0 unspecified atom stereocenters. The number of aryl methyl sites for hydroxylation is 1. The number of fused-ring (bicyclic) bond motifs is 1. The van der Waals surface area contributed by atoms with Crippen molar-refractivity contribution in [1.82, 2.24) is 24.5 Å². The number of imidazole rings is 1. The lowest BCUT2D eigenvalue weighted by Crippen LogP contribution is -2.12. The van der Waals surface area contributed by atoms with E-state index in [0.717, 1.165) is 53.9 Å². The van der Waals surface area contributed by atoms with E-state index in [1.165, 1.54) is 12.8 Å². The number of para-hydroxylation sites is 1. The van der Waals surface area contributed by atoms with Gasteiger partial charge in [0.25, 0.3) is 0 Å². The number of nitrogens with zero attached hydrogens (tertiary/aromatic N) is 5. The lowest BCUT2D eigenvalue weighted by molar-refractivity contribution is 0.477. The predicted molar refractivity (Wildman–Crippen MR) is 133 cm³/mol. The van der Waals surface area contributed by atoms with Gasteiger partial charge >= 0.3 is 0 Å². The lowest BCUT2D eigenvalue weighted by atomic mass is 10.1. The summed E-state index contributed by atoms with van der Waals surface area (Å²) in [7, 11) is 0. The lowest BCUT2D eigenvalue weighted by Gasteiger charge is -2.16. The molecule has 0 saturated heterocycles. The summed E-state index contributed by atoms with van der Waals surface area (Å²) < 4.78 is 2.27. The van der Waals surface area contributed by atoms with Crippen molar-refractivity contribution in [2.24, 2.45) is 5.73 Å². The van der Waals surface area contributed by atoms with Gasteiger partial charge in [0.05, 0.1) is 5.69 Å². The van der Waals surface area contributed by atoms with Crippen molar-refractivity contribution in [3.63, 3.8) is 0 Å². The van der Waals surface area contributed by atoms with E-state index in [9.17, 15) is 5.11 Å². The molecule has 0 atom stereocenters. The quantitative estimate of drug-likeness (QED) is 0.312. The van der Waals surface area contributed by atoms with Crippen LogP contribution >= 0.6 is 0 Å². The monoisotopic (exact) mass is 458 g/mol. The highest BCUT2D eigenvalue weighted by Gasteiger charge is 2.25. The molecule has 1 aliphatic carbocycles. The van der Waals surface area contributed by atoms with Gasteiger partial charge in [-0.15, -0.1) is 0 Å². The van der Waals surface area contributed by atoms with Crippen molar-refractivity contribution in [2.75, 3.05) is 17.6 Å². The minimum atomic E-state index is 0.211. The molecule has 1 aromatic carbocycles. The fraction of sp³-hybridized carbons (Fsp3) is 0.360. The van der Waals surface area contributed by atoms with Gasteiger partial charge in [-0.2, -0.15) is 9.97 Å². The zero-order chi connectivity index (χ0) is 23.5. The van der Waals surface area contributed by atoms with Gasteiger partial charge in [0.2, 0.25) is 5.95 Å². The van der Waals surface area contributed by atoms with Crippen molar-refractivity contribution in [3.8, 4) is 17.0 Å². The van der Waals surface area contributed by atoms with Crippen molar-refractivity contribution in [1.29, 1.82) is 0 Å². The number of hydrogen-bond acceptors (Lipinski definition) is 8. The second-order valence-electron chi connectivity index (χ2n) is 8.75. The number of phenols is 1. The molecule has 9 heteroatoms. The third-order valence-electron chi connectivity index (χ3n) is 6.39. The van der Waals surface area contributed by atoms with Gasteiger partial charge in [0.1, 0.15) is 11.6 Å². The van der Waals surface area contributed by atoms with E-state index >= 15 is 0 Å². The van der Waals surface area contributed by atoms with Gasteiger partial charge in [-0.05, 0) is 49.6 Å². The number of benzene rings is 1. The molecule has 1 aliphatic rings. The number of aromatic nitrogens is 5. The highest BCUT2D eigenvalue weighted by molar-refractivity contribution is 5.85. The normalized spacial score (nSPS) is 14.1. The van der Waals surface area contributed by atoms with Crippen molar-refractivity contribution in [3.05, 3.63) is 54.0 Å². The van der Waals surface area contributed by atoms with Crippen LogP contribution in [-0.4, -0.2) is 36.2 Å². The molecular formula is C25H30N8O. The maximum atomic E-state index is 10.1. The molecule has 1 saturated carbocycles. The zero-order valence-electron chi connectivity index (χ0n) is 19.1. The Labute approximate surface area is 198 Å². The predicted octanol–water partition coefficient (Wildman–Crippen LogP) is 3.79. The first-order chi connectivity index (χ1) is 16.6. The number of hydrogen-bond donors (Lipinski definition) is 4. The third-order valence-corrected chi connectivity index (χ3v) is 6.39. The molecule has 5 rings (SSSR count). The Balaban J connectivity index is 1.42. The molecule has 176 valence electrons. The minimum Gasteiger partial charge on any atom is -0.507 e. The molecule has 3 aromatic heterocycles. The SMILES string of the molecule is NCCCc1nc2c(NCc3ccc(-c4ccccc4O)nc3)nc(N)nc2n1C1CCCC1. The number of nitrogens with two attached hydrogens (primary N) is 2. The zero-order valence-corrected chi connectivity index (χ0v) is 19.1. The fourth-order valence-electron chi connectivity index (χ4n) is 4.71. The highest BCUT2D eigenvalue weighted by Crippen LogP contribution is 2.35. The molecule has 9 nitrogen and oxygen atoms in total. The standard InChI is InChI=1S/C25H30N8O/c26-13-5-10-21-30-22-23(31-25(27)32-24(22)33(21)17-6-1-2-7-17)29-15-16-11-12-19(28-14-16)18-8-3-4-9-20(18)34/h3-4,8-9,11-12,14,17,34H,1-2,5-7,10,13,15,26H2,(H3,27,29,31,32). The Hall–Kier alpha value is -3.72. The summed E-state index contributed by atoms with van der Waals surface area (Å²) in [5.41, 5.74) is 15.8. The largest absolute Gasteiger partial charge is 0.507 e. The van der Waals surface area contributed by atoms with E-state index in [4.69, 9.17) is 16.5 Å². The maximum Gasteiger partial charge on any atom is 0.224 e. The van der Waals surface area contributed by atoms with Gasteiger partial charge in [0.15, 0.2) is 17.0 Å². The first-order valence-corrected chi connectivity index (χ1v) is 11.9. The van der Waals surface area contributed by atoms with Crippen LogP contribution in [0, 0.1) is 0 Å². The van der Waals surface area contributed by atoms with Crippen LogP contribution in [0.4, 0.5) is 11.8 Å². The smallest absolute Gasteiger partial charge is 0.224 e. The minimum absolute atomic E-state index is 0.211. The molecule has 0 aliphatic heterocycles. The molecule has 1 fully saturated rings. The molecular weight excluding hydrogens is 428 g/mol. The van der Waals surface area contributed by atoms with E-state index in [0.29, 0.717) is 30.5 Å². The summed E-state index contributed by atoms with van der Waals surface area (Å²) in [6.45, 7) is 1.13. The molecule has 3 heterocycles. The Kier molecular flexibility index (Phi) is 6.27. The summed E-state index contributed by atoms with van der Waals surface area (Å²) >= 11 is 0. The van der Waals surface area contributed by atoms with Crippen LogP contribution in [0.1, 0.15) is 49.5 Å². The summed E-state index contributed by atoms with van der Waals surface area (Å²) in [5, 5.41) is 13.5. The number of rotatable bonds is 8. The molecule has 6 N–H and O–H groups in total. The maximum absolute atomic E-state index is 10.1. The van der Waals surface area contributed by atoms with Gasteiger partial charge in [-0.3, -0.25) is 4.98 Å². The summed E-state index contributed by atoms with van der Waals surface area (Å²) in [4.78, 5) is 18.5. The van der Waals surface area contributed by atoms with Crippen LogP contribution in [0.15, 0.2) is 42.6 Å². The van der Waals surface area contributed by atoms with E-state index in [1.807, 2.05) is 24.3 Å². The Morgan fingerprint density at radius 1 is 1.06 bits per heavy atom. The van der Waals surface area contributed by atoms with Gasteiger partial charge < -0.3 is 26.5 Å². The van der Waals surface area contributed by atoms with E-state index in [-0.39, 0.29) is 11.7 Å². The van der Waals surface area contributed by atoms with Gasteiger partial charge in [-0.25, -0.2) is 4.98 Å². The number of aromatic hydroxyl groups is 1.